The zero-order chi connectivity index (χ0) is 30.5. The summed E-state index contributed by atoms with van der Waals surface area (Å²) in [5.74, 6) is -0.499. The van der Waals surface area contributed by atoms with Crippen LogP contribution in [0.5, 0.6) is 0 Å². The standard InChI is InChI=1S/C31H32ClFN6O3S/c1-20(2)19-38(43(41,42)29-11-13-37(3)36-29)26-7-4-22-14-28-21(18-35-39(28)25-8-5-24(33)6-9-25)16-31(22,17-26)30(40)27-15-23(32)10-12-34-27/h5-6,8-15,18,20,26H,4,7,16-17,19H2,1-3H3/t26-,31-/m0/s1. The van der Waals surface area contributed by atoms with Crippen molar-refractivity contribution in [2.45, 2.75) is 50.6 Å². The average molecular weight is 623 g/mol. The number of allylic oxidation sites excluding steroid dienone is 1. The van der Waals surface area contributed by atoms with Crippen LogP contribution in [0, 0.1) is 17.2 Å². The van der Waals surface area contributed by atoms with E-state index in [1.54, 1.807) is 48.4 Å². The van der Waals surface area contributed by atoms with E-state index in [0.717, 1.165) is 16.8 Å². The van der Waals surface area contributed by atoms with E-state index in [1.165, 1.54) is 33.4 Å². The van der Waals surface area contributed by atoms with Gasteiger partial charge >= 0.3 is 0 Å². The van der Waals surface area contributed by atoms with Crippen molar-refractivity contribution in [1.82, 2.24) is 28.9 Å². The van der Waals surface area contributed by atoms with E-state index < -0.39 is 21.5 Å². The Morgan fingerprint density at radius 3 is 2.65 bits per heavy atom. The van der Waals surface area contributed by atoms with Crippen LogP contribution < -0.4 is 0 Å². The van der Waals surface area contributed by atoms with Crippen LogP contribution in [-0.4, -0.2) is 55.6 Å². The number of halogens is 2. The van der Waals surface area contributed by atoms with Crippen molar-refractivity contribution < 1.29 is 17.6 Å². The smallest absolute Gasteiger partial charge is 0.262 e. The Bertz CT molecular complexity index is 1830. The maximum atomic E-state index is 14.5. The molecule has 3 heterocycles. The Balaban J connectivity index is 1.45. The number of aromatic nitrogens is 5. The highest BCUT2D eigenvalue weighted by molar-refractivity contribution is 7.89. The van der Waals surface area contributed by atoms with Gasteiger partial charge in [0.2, 0.25) is 0 Å². The Kier molecular flexibility index (Phi) is 7.60. The molecule has 2 aliphatic rings. The minimum atomic E-state index is -3.95. The number of benzene rings is 1. The van der Waals surface area contributed by atoms with Gasteiger partial charge in [0, 0.05) is 37.1 Å². The van der Waals surface area contributed by atoms with Gasteiger partial charge in [-0.3, -0.25) is 14.5 Å². The first-order valence-electron chi connectivity index (χ1n) is 14.2. The second kappa shape index (κ2) is 11.1. The number of hydrogen-bond acceptors (Lipinski definition) is 6. The second-order valence-corrected chi connectivity index (χ2v) is 14.0. The molecule has 2 aliphatic carbocycles. The van der Waals surface area contributed by atoms with Crippen LogP contribution in [0.15, 0.2) is 71.7 Å². The van der Waals surface area contributed by atoms with Gasteiger partial charge in [0.05, 0.1) is 23.0 Å². The number of ketones is 1. The molecule has 3 aromatic heterocycles. The molecule has 4 aromatic rings. The van der Waals surface area contributed by atoms with Gasteiger partial charge in [0.15, 0.2) is 10.8 Å². The maximum Gasteiger partial charge on any atom is 0.262 e. The van der Waals surface area contributed by atoms with E-state index in [1.807, 2.05) is 19.9 Å². The van der Waals surface area contributed by atoms with Crippen LogP contribution in [0.3, 0.4) is 0 Å². The summed E-state index contributed by atoms with van der Waals surface area (Å²) in [6.07, 6.45) is 8.46. The summed E-state index contributed by atoms with van der Waals surface area (Å²) in [6.45, 7) is 4.24. The molecule has 6 rings (SSSR count). The molecule has 0 bridgehead atoms. The zero-order valence-electron chi connectivity index (χ0n) is 24.1. The first kappa shape index (κ1) is 29.4. The quantitative estimate of drug-likeness (QED) is 0.240. The third kappa shape index (κ3) is 5.34. The van der Waals surface area contributed by atoms with Crippen LogP contribution >= 0.6 is 11.6 Å². The van der Waals surface area contributed by atoms with Gasteiger partial charge in [-0.25, -0.2) is 17.5 Å². The summed E-state index contributed by atoms with van der Waals surface area (Å²) < 4.78 is 46.4. The Labute approximate surface area is 255 Å². The lowest BCUT2D eigenvalue weighted by Crippen LogP contribution is -2.51. The van der Waals surface area contributed by atoms with Crippen LogP contribution in [-0.2, 0) is 23.5 Å². The van der Waals surface area contributed by atoms with Gasteiger partial charge < -0.3 is 0 Å². The Morgan fingerprint density at radius 2 is 1.98 bits per heavy atom. The van der Waals surface area contributed by atoms with E-state index >= 15 is 0 Å². The van der Waals surface area contributed by atoms with Crippen molar-refractivity contribution in [2.75, 3.05) is 6.54 Å². The Hall–Kier alpha value is -3.67. The predicted molar refractivity (Wildman–Crippen MR) is 161 cm³/mol. The topological polar surface area (TPSA) is 103 Å². The number of Topliss-reactive ketones (excluding diaryl/α,β-unsaturated/α-hetero) is 1. The van der Waals surface area contributed by atoms with Gasteiger partial charge in [0.25, 0.3) is 10.0 Å². The van der Waals surface area contributed by atoms with Gasteiger partial charge in [-0.1, -0.05) is 31.0 Å². The number of pyridine rings is 1. The number of carbonyl (C=O) groups excluding carboxylic acids is 1. The van der Waals surface area contributed by atoms with Crippen LogP contribution in [0.2, 0.25) is 5.02 Å². The van der Waals surface area contributed by atoms with Gasteiger partial charge in [0.1, 0.15) is 11.5 Å². The number of carbonyl (C=O) groups is 1. The number of hydrogen-bond donors (Lipinski definition) is 0. The molecule has 0 radical (unpaired) electrons. The number of fused-ring (bicyclic) bond motifs is 2. The largest absolute Gasteiger partial charge is 0.291 e. The van der Waals surface area contributed by atoms with E-state index in [-0.39, 0.29) is 41.2 Å². The molecule has 1 saturated carbocycles. The minimum absolute atomic E-state index is 0.0135. The molecule has 224 valence electrons. The highest BCUT2D eigenvalue weighted by Crippen LogP contribution is 2.51. The molecule has 43 heavy (non-hydrogen) atoms. The number of sulfonamides is 1. The fraction of sp³-hybridized carbons (Fsp3) is 0.355. The first-order chi connectivity index (χ1) is 20.5. The number of aryl methyl sites for hydroxylation is 1. The van der Waals surface area contributed by atoms with Crippen LogP contribution in [0.4, 0.5) is 4.39 Å². The molecule has 1 aromatic carbocycles. The lowest BCUT2D eigenvalue weighted by Gasteiger charge is -2.46. The van der Waals surface area contributed by atoms with Crippen molar-refractivity contribution in [3.05, 3.63) is 94.4 Å². The molecule has 0 spiro atoms. The molecule has 0 aliphatic heterocycles. The molecule has 1 fully saturated rings. The lowest BCUT2D eigenvalue weighted by molar-refractivity contribution is 0.0732. The minimum Gasteiger partial charge on any atom is -0.291 e. The summed E-state index contributed by atoms with van der Waals surface area (Å²) in [4.78, 5) is 18.9. The Morgan fingerprint density at radius 1 is 1.21 bits per heavy atom. The molecule has 0 N–H and O–H groups in total. The molecule has 12 heteroatoms. The zero-order valence-corrected chi connectivity index (χ0v) is 25.7. The molecule has 0 amide bonds. The highest BCUT2D eigenvalue weighted by Gasteiger charge is 2.52. The molecular formula is C31H32ClFN6O3S. The molecule has 0 unspecified atom stereocenters. The van der Waals surface area contributed by atoms with E-state index in [0.29, 0.717) is 30.0 Å². The van der Waals surface area contributed by atoms with Crippen LogP contribution in [0.25, 0.3) is 11.8 Å². The van der Waals surface area contributed by atoms with Gasteiger partial charge in [-0.05, 0) is 85.7 Å². The second-order valence-electron chi connectivity index (χ2n) is 11.8. The number of nitrogens with zero attached hydrogens (tertiary/aromatic N) is 6. The summed E-state index contributed by atoms with van der Waals surface area (Å²) in [6, 6.07) is 10.3. The summed E-state index contributed by atoms with van der Waals surface area (Å²) in [5, 5.41) is 9.19. The lowest BCUT2D eigenvalue weighted by atomic mass is 9.60. The molecular weight excluding hydrogens is 591 g/mol. The molecule has 0 saturated heterocycles. The van der Waals surface area contributed by atoms with Crippen molar-refractivity contribution in [2.24, 2.45) is 18.4 Å². The van der Waals surface area contributed by atoms with E-state index in [9.17, 15) is 17.6 Å². The van der Waals surface area contributed by atoms with Crippen molar-refractivity contribution in [1.29, 1.82) is 0 Å². The average Bonchev–Trinajstić information content (AvgIpc) is 3.60. The van der Waals surface area contributed by atoms with Crippen molar-refractivity contribution in [3.8, 4) is 5.69 Å². The summed E-state index contributed by atoms with van der Waals surface area (Å²) in [5.41, 5.74) is 2.44. The number of rotatable bonds is 8. The fourth-order valence-corrected chi connectivity index (χ4v) is 8.28. The molecule has 2 atom stereocenters. The third-order valence-corrected chi connectivity index (χ3v) is 10.4. The highest BCUT2D eigenvalue weighted by atomic mass is 35.5. The van der Waals surface area contributed by atoms with E-state index in [2.05, 4.69) is 15.2 Å². The summed E-state index contributed by atoms with van der Waals surface area (Å²) in [7, 11) is -2.26. The van der Waals surface area contributed by atoms with Gasteiger partial charge in [-0.15, -0.1) is 0 Å². The van der Waals surface area contributed by atoms with Crippen molar-refractivity contribution >= 4 is 33.5 Å². The maximum absolute atomic E-state index is 14.5. The normalized spacial score (nSPS) is 20.2. The SMILES string of the molecule is CC(C)CN([C@H]1CCC2=Cc3c(cnn3-c3ccc(F)cc3)C[C@]2(C(=O)c2cc(Cl)ccn2)C1)S(=O)(=O)c1ccn(C)n1. The molecule has 9 nitrogen and oxygen atoms in total. The summed E-state index contributed by atoms with van der Waals surface area (Å²) >= 11 is 6.29. The first-order valence-corrected chi connectivity index (χ1v) is 16.0. The monoisotopic (exact) mass is 622 g/mol. The van der Waals surface area contributed by atoms with Crippen LogP contribution in [0.1, 0.15) is 54.9 Å². The third-order valence-electron chi connectivity index (χ3n) is 8.31. The predicted octanol–water partition coefficient (Wildman–Crippen LogP) is 5.50. The van der Waals surface area contributed by atoms with E-state index in [4.69, 9.17) is 11.6 Å². The van der Waals surface area contributed by atoms with Gasteiger partial charge in [-0.2, -0.15) is 14.5 Å². The fourth-order valence-electron chi connectivity index (χ4n) is 6.35. The van der Waals surface area contributed by atoms with Crippen molar-refractivity contribution in [3.63, 3.8) is 0 Å².